The Labute approximate surface area is 461 Å². The third-order valence-corrected chi connectivity index (χ3v) is 13.9. The van der Waals surface area contributed by atoms with E-state index in [2.05, 4.69) is 111 Å². The van der Waals surface area contributed by atoms with Crippen molar-refractivity contribution in [2.75, 3.05) is 26.4 Å². The van der Waals surface area contributed by atoms with Crippen molar-refractivity contribution in [2.24, 2.45) is 5.73 Å². The predicted octanol–water partition coefficient (Wildman–Crippen LogP) is 19.6. The van der Waals surface area contributed by atoms with Gasteiger partial charge in [-0.3, -0.25) is 18.6 Å². The monoisotopic (exact) mass is 1070 g/mol. The molecule has 0 aromatic carbocycles. The van der Waals surface area contributed by atoms with Gasteiger partial charge >= 0.3 is 19.8 Å². The number of ether oxygens (including phenoxy) is 2. The lowest BCUT2D eigenvalue weighted by molar-refractivity contribution is -0.161. The Balaban J connectivity index is 3.91. The number of rotatable bonds is 57. The number of nitrogens with two attached hydrogens (primary N) is 1. The number of phosphoric ester groups is 1. The summed E-state index contributed by atoms with van der Waals surface area (Å²) in [6, 6.07) is 0. The summed E-state index contributed by atoms with van der Waals surface area (Å²) in [4.78, 5) is 35.2. The van der Waals surface area contributed by atoms with E-state index >= 15 is 0 Å². The average molecular weight is 1070 g/mol. The minimum Gasteiger partial charge on any atom is -0.462 e. The number of carbonyl (C=O) groups excluding carboxylic acids is 2. The van der Waals surface area contributed by atoms with E-state index in [0.717, 1.165) is 96.3 Å². The smallest absolute Gasteiger partial charge is 0.462 e. The zero-order chi connectivity index (χ0) is 54.5. The molecular formula is C65H114NO8P. The van der Waals surface area contributed by atoms with Crippen molar-refractivity contribution < 1.29 is 37.6 Å². The van der Waals surface area contributed by atoms with Crippen molar-refractivity contribution in [2.45, 2.75) is 277 Å². The van der Waals surface area contributed by atoms with Crippen LogP contribution in [0.2, 0.25) is 0 Å². The lowest BCUT2D eigenvalue weighted by Gasteiger charge is -2.19. The zero-order valence-electron chi connectivity index (χ0n) is 48.3. The number of unbranched alkanes of at least 4 members (excludes halogenated alkanes) is 28. The van der Waals surface area contributed by atoms with Crippen LogP contribution in [-0.4, -0.2) is 49.3 Å². The molecule has 0 aliphatic carbocycles. The molecule has 2 unspecified atom stereocenters. The molecule has 0 aromatic rings. The summed E-state index contributed by atoms with van der Waals surface area (Å²) in [7, 11) is -4.39. The third-order valence-electron chi connectivity index (χ3n) is 13.0. The fourth-order valence-electron chi connectivity index (χ4n) is 8.44. The second-order valence-electron chi connectivity index (χ2n) is 20.2. The molecule has 0 radical (unpaired) electrons. The molecule has 3 N–H and O–H groups in total. The summed E-state index contributed by atoms with van der Waals surface area (Å²) in [5.41, 5.74) is 5.39. The van der Waals surface area contributed by atoms with Crippen LogP contribution in [0, 0.1) is 0 Å². The van der Waals surface area contributed by atoms with Gasteiger partial charge in [0.15, 0.2) is 6.10 Å². The Kier molecular flexibility index (Phi) is 57.7. The Morgan fingerprint density at radius 3 is 1.09 bits per heavy atom. The molecule has 0 saturated carbocycles. The van der Waals surface area contributed by atoms with E-state index in [4.69, 9.17) is 24.3 Å². The van der Waals surface area contributed by atoms with Gasteiger partial charge in [-0.15, -0.1) is 0 Å². The number of allylic oxidation sites excluding steroid dienone is 16. The molecule has 0 amide bonds. The Bertz CT molecular complexity index is 1550. The largest absolute Gasteiger partial charge is 0.472 e. The first-order valence-corrected chi connectivity index (χ1v) is 32.2. The van der Waals surface area contributed by atoms with Gasteiger partial charge in [-0.05, 0) is 96.3 Å². The molecule has 10 heteroatoms. The second-order valence-corrected chi connectivity index (χ2v) is 21.6. The Morgan fingerprint density at radius 2 is 0.733 bits per heavy atom. The van der Waals surface area contributed by atoms with E-state index in [1.807, 2.05) is 0 Å². The van der Waals surface area contributed by atoms with Crippen molar-refractivity contribution in [1.82, 2.24) is 0 Å². The lowest BCUT2D eigenvalue weighted by Crippen LogP contribution is -2.29. The van der Waals surface area contributed by atoms with Crippen LogP contribution in [0.4, 0.5) is 0 Å². The summed E-state index contributed by atoms with van der Waals surface area (Å²) < 4.78 is 33.1. The molecule has 0 bridgehead atoms. The topological polar surface area (TPSA) is 134 Å². The van der Waals surface area contributed by atoms with Crippen LogP contribution in [0.1, 0.15) is 271 Å². The summed E-state index contributed by atoms with van der Waals surface area (Å²) in [6.45, 7) is 3.62. The van der Waals surface area contributed by atoms with E-state index in [9.17, 15) is 19.0 Å². The molecule has 0 saturated heterocycles. The molecule has 0 aliphatic rings. The number of carbonyl (C=O) groups is 2. The quantitative estimate of drug-likeness (QED) is 0.0264. The molecule has 0 rings (SSSR count). The van der Waals surface area contributed by atoms with Crippen LogP contribution in [0.3, 0.4) is 0 Å². The second kappa shape index (κ2) is 60.2. The molecule has 432 valence electrons. The van der Waals surface area contributed by atoms with Gasteiger partial charge in [0.05, 0.1) is 13.2 Å². The first-order chi connectivity index (χ1) is 36.8. The van der Waals surface area contributed by atoms with Crippen LogP contribution >= 0.6 is 7.82 Å². The van der Waals surface area contributed by atoms with Crippen LogP contribution in [-0.2, 0) is 32.7 Å². The van der Waals surface area contributed by atoms with Crippen molar-refractivity contribution in [3.8, 4) is 0 Å². The van der Waals surface area contributed by atoms with Gasteiger partial charge in [0.2, 0.25) is 0 Å². The first kappa shape index (κ1) is 71.9. The maximum Gasteiger partial charge on any atom is 0.472 e. The molecule has 0 spiro atoms. The lowest BCUT2D eigenvalue weighted by atomic mass is 10.0. The van der Waals surface area contributed by atoms with E-state index in [1.54, 1.807) is 0 Å². The summed E-state index contributed by atoms with van der Waals surface area (Å²) >= 11 is 0. The highest BCUT2D eigenvalue weighted by atomic mass is 31.2. The van der Waals surface area contributed by atoms with Crippen LogP contribution in [0.25, 0.3) is 0 Å². The maximum absolute atomic E-state index is 12.7. The van der Waals surface area contributed by atoms with Gasteiger partial charge in [-0.25, -0.2) is 4.57 Å². The molecule has 0 heterocycles. The van der Waals surface area contributed by atoms with E-state index in [0.29, 0.717) is 6.42 Å². The molecule has 2 atom stereocenters. The highest BCUT2D eigenvalue weighted by Crippen LogP contribution is 2.43. The zero-order valence-corrected chi connectivity index (χ0v) is 49.2. The molecule has 0 aliphatic heterocycles. The SMILES string of the molecule is CC/C=C\C/C=C\C/C=C\C/C=C\C/C=C\C/C=C\CCCCCCCCCCCCCCCCCCC(=O)OC(COC(=O)CCCCCCCCCCC/C=C\C/C=C\CCCCC)COP(=O)(O)OCCN. The number of phosphoric acid groups is 1. The fourth-order valence-corrected chi connectivity index (χ4v) is 9.20. The van der Waals surface area contributed by atoms with E-state index < -0.39 is 26.5 Å². The van der Waals surface area contributed by atoms with Gasteiger partial charge in [-0.2, -0.15) is 0 Å². The number of esters is 2. The van der Waals surface area contributed by atoms with Crippen LogP contribution < -0.4 is 5.73 Å². The first-order valence-electron chi connectivity index (χ1n) is 30.7. The third kappa shape index (κ3) is 60.0. The average Bonchev–Trinajstić information content (AvgIpc) is 3.40. The molecule has 75 heavy (non-hydrogen) atoms. The van der Waals surface area contributed by atoms with Crippen molar-refractivity contribution in [1.29, 1.82) is 0 Å². The molecular weight excluding hydrogens is 954 g/mol. The van der Waals surface area contributed by atoms with Gasteiger partial charge in [-0.1, -0.05) is 259 Å². The van der Waals surface area contributed by atoms with Gasteiger partial charge < -0.3 is 20.1 Å². The van der Waals surface area contributed by atoms with Gasteiger partial charge in [0.25, 0.3) is 0 Å². The van der Waals surface area contributed by atoms with Crippen molar-refractivity contribution in [3.63, 3.8) is 0 Å². The fraction of sp³-hybridized carbons (Fsp3) is 0.723. The minimum absolute atomic E-state index is 0.0503. The van der Waals surface area contributed by atoms with Crippen molar-refractivity contribution >= 4 is 19.8 Å². The predicted molar refractivity (Wildman–Crippen MR) is 321 cm³/mol. The molecule has 0 aromatic heterocycles. The standard InChI is InChI=1S/C65H114NO8P/c1-3-5-7-9-11-13-15-17-19-21-23-24-25-26-27-28-29-30-31-32-33-34-35-36-37-38-40-42-44-46-48-50-52-54-56-58-65(68)74-63(62-73-75(69,70)72-60-59-66)61-71-64(67)57-55-53-51-49-47-45-43-41-39-22-20-18-16-14-12-10-8-6-4-2/h5,7,11-14,17-20,23-24,26-27,29-30,63H,3-4,6,8-10,15-16,21-22,25,28,31-62,66H2,1-2H3,(H,69,70)/b7-5-,13-11-,14-12-,19-17-,20-18-,24-23-,27-26-,30-29-. The maximum atomic E-state index is 12.7. The Hall–Kier alpha value is -3.07. The van der Waals surface area contributed by atoms with Crippen LogP contribution in [0.5, 0.6) is 0 Å². The van der Waals surface area contributed by atoms with Gasteiger partial charge in [0, 0.05) is 19.4 Å². The summed E-state index contributed by atoms with van der Waals surface area (Å²) in [5, 5.41) is 0. The van der Waals surface area contributed by atoms with Crippen molar-refractivity contribution in [3.05, 3.63) is 97.2 Å². The normalized spacial score (nSPS) is 13.7. The van der Waals surface area contributed by atoms with Crippen LogP contribution in [0.15, 0.2) is 97.2 Å². The Morgan fingerprint density at radius 1 is 0.413 bits per heavy atom. The molecule has 9 nitrogen and oxygen atoms in total. The van der Waals surface area contributed by atoms with E-state index in [-0.39, 0.29) is 38.6 Å². The van der Waals surface area contributed by atoms with Gasteiger partial charge in [0.1, 0.15) is 6.61 Å². The summed E-state index contributed by atoms with van der Waals surface area (Å²) in [6.07, 6.45) is 80.4. The highest BCUT2D eigenvalue weighted by molar-refractivity contribution is 7.47. The highest BCUT2D eigenvalue weighted by Gasteiger charge is 2.26. The number of hydrogen-bond donors (Lipinski definition) is 2. The minimum atomic E-state index is -4.39. The summed E-state index contributed by atoms with van der Waals surface area (Å²) in [5.74, 6) is -0.828. The molecule has 0 fully saturated rings. The van der Waals surface area contributed by atoms with E-state index in [1.165, 1.54) is 141 Å². The number of hydrogen-bond acceptors (Lipinski definition) is 8.